The lowest BCUT2D eigenvalue weighted by molar-refractivity contribution is 0.521. The molecule has 0 aromatic heterocycles. The smallest absolute Gasteiger partial charge is 0.0223 e. The van der Waals surface area contributed by atoms with Gasteiger partial charge in [-0.2, -0.15) is 12.6 Å². The number of rotatable bonds is 22. The summed E-state index contributed by atoms with van der Waals surface area (Å²) in [5.41, 5.74) is 0. The van der Waals surface area contributed by atoms with E-state index in [4.69, 9.17) is 11.6 Å². The Balaban J connectivity index is 2.94. The molecule has 0 aromatic carbocycles. The summed E-state index contributed by atoms with van der Waals surface area (Å²) >= 11 is 9.95. The fraction of sp³-hybridized carbons (Fsp3) is 1.00. The van der Waals surface area contributed by atoms with Gasteiger partial charge in [0, 0.05) is 5.88 Å². The first-order valence-electron chi connectivity index (χ1n) is 11.6. The van der Waals surface area contributed by atoms with Crippen molar-refractivity contribution in [2.75, 3.05) is 11.6 Å². The molecule has 0 bridgehead atoms. The monoisotopic (exact) mass is 390 g/mol. The summed E-state index contributed by atoms with van der Waals surface area (Å²) in [7, 11) is 0. The van der Waals surface area contributed by atoms with E-state index in [2.05, 4.69) is 12.6 Å². The maximum atomic E-state index is 5.69. The molecule has 0 aliphatic heterocycles. The van der Waals surface area contributed by atoms with Crippen molar-refractivity contribution in [2.24, 2.45) is 0 Å². The van der Waals surface area contributed by atoms with Crippen LogP contribution in [0.15, 0.2) is 0 Å². The Morgan fingerprint density at radius 2 is 0.520 bits per heavy atom. The normalized spacial score (nSPS) is 11.3. The fourth-order valence-electron chi connectivity index (χ4n) is 3.57. The summed E-state index contributed by atoms with van der Waals surface area (Å²) in [5.74, 6) is 1.91. The van der Waals surface area contributed by atoms with Crippen molar-refractivity contribution in [3.8, 4) is 0 Å². The van der Waals surface area contributed by atoms with Crippen LogP contribution in [0.3, 0.4) is 0 Å². The molecule has 0 aromatic rings. The van der Waals surface area contributed by atoms with E-state index >= 15 is 0 Å². The molecule has 25 heavy (non-hydrogen) atoms. The standard InChI is InChI=1S/C23H47ClS/c24-22-20-18-16-14-12-10-8-6-4-2-1-3-5-7-9-11-13-15-17-19-21-23-25/h25H,1-23H2. The Kier molecular flexibility index (Phi) is 25.3. The van der Waals surface area contributed by atoms with E-state index in [9.17, 15) is 0 Å². The highest BCUT2D eigenvalue weighted by molar-refractivity contribution is 7.80. The molecule has 0 saturated heterocycles. The molecule has 0 nitrogen and oxygen atoms in total. The van der Waals surface area contributed by atoms with E-state index in [1.54, 1.807) is 0 Å². The van der Waals surface area contributed by atoms with Gasteiger partial charge in [0.25, 0.3) is 0 Å². The van der Waals surface area contributed by atoms with Crippen LogP contribution < -0.4 is 0 Å². The molecule has 152 valence electrons. The third-order valence-corrected chi connectivity index (χ3v) is 5.88. The number of alkyl halides is 1. The van der Waals surface area contributed by atoms with Crippen molar-refractivity contribution in [2.45, 2.75) is 135 Å². The second-order valence-electron chi connectivity index (χ2n) is 7.84. The minimum atomic E-state index is 0.844. The summed E-state index contributed by atoms with van der Waals surface area (Å²) in [5, 5.41) is 0. The SMILES string of the molecule is SCCCCCCCCCCCCCCCCCCCCCCCCl. The van der Waals surface area contributed by atoms with Gasteiger partial charge in [-0.3, -0.25) is 0 Å². The summed E-state index contributed by atoms with van der Waals surface area (Å²) in [6, 6.07) is 0. The van der Waals surface area contributed by atoms with Gasteiger partial charge in [-0.1, -0.05) is 122 Å². The second-order valence-corrected chi connectivity index (χ2v) is 8.66. The zero-order chi connectivity index (χ0) is 18.3. The molecule has 0 rings (SSSR count). The van der Waals surface area contributed by atoms with Gasteiger partial charge in [0.2, 0.25) is 0 Å². The van der Waals surface area contributed by atoms with Crippen molar-refractivity contribution in [1.82, 2.24) is 0 Å². The third-order valence-electron chi connectivity index (χ3n) is 5.29. The van der Waals surface area contributed by atoms with Crippen LogP contribution in [0.5, 0.6) is 0 Å². The Morgan fingerprint density at radius 1 is 0.320 bits per heavy atom. The summed E-state index contributed by atoms with van der Waals surface area (Å²) in [4.78, 5) is 0. The van der Waals surface area contributed by atoms with Gasteiger partial charge in [0.1, 0.15) is 0 Å². The highest BCUT2D eigenvalue weighted by Gasteiger charge is 1.95. The summed E-state index contributed by atoms with van der Waals surface area (Å²) in [6.45, 7) is 0. The van der Waals surface area contributed by atoms with Gasteiger partial charge < -0.3 is 0 Å². The molecule has 0 aliphatic rings. The predicted octanol–water partition coefficient (Wildman–Crippen LogP) is 9.35. The molecular formula is C23H47ClS. The molecule has 0 spiro atoms. The van der Waals surface area contributed by atoms with E-state index in [-0.39, 0.29) is 0 Å². The maximum Gasteiger partial charge on any atom is 0.0223 e. The van der Waals surface area contributed by atoms with E-state index in [1.807, 2.05) is 0 Å². The highest BCUT2D eigenvalue weighted by atomic mass is 35.5. The lowest BCUT2D eigenvalue weighted by Crippen LogP contribution is -1.84. The first kappa shape index (κ1) is 25.6. The number of hydrogen-bond donors (Lipinski definition) is 1. The second kappa shape index (κ2) is 24.6. The minimum Gasteiger partial charge on any atom is -0.179 e. The van der Waals surface area contributed by atoms with Crippen molar-refractivity contribution in [3.63, 3.8) is 0 Å². The van der Waals surface area contributed by atoms with Crippen LogP contribution >= 0.6 is 24.2 Å². The Hall–Kier alpha value is 0.640. The van der Waals surface area contributed by atoms with Crippen LogP contribution in [0.2, 0.25) is 0 Å². The molecule has 0 N–H and O–H groups in total. The Morgan fingerprint density at radius 3 is 0.720 bits per heavy atom. The lowest BCUT2D eigenvalue weighted by atomic mass is 10.0. The number of halogens is 1. The topological polar surface area (TPSA) is 0 Å². The van der Waals surface area contributed by atoms with Crippen molar-refractivity contribution in [1.29, 1.82) is 0 Å². The Labute approximate surface area is 170 Å². The molecule has 0 saturated carbocycles. The predicted molar refractivity (Wildman–Crippen MR) is 122 cm³/mol. The first-order chi connectivity index (χ1) is 12.4. The van der Waals surface area contributed by atoms with Gasteiger partial charge >= 0.3 is 0 Å². The third kappa shape index (κ3) is 24.6. The molecule has 0 aliphatic carbocycles. The van der Waals surface area contributed by atoms with E-state index in [1.165, 1.54) is 135 Å². The lowest BCUT2D eigenvalue weighted by Gasteiger charge is -2.04. The summed E-state index contributed by atoms with van der Waals surface area (Å²) < 4.78 is 0. The van der Waals surface area contributed by atoms with E-state index in [0.717, 1.165) is 11.6 Å². The zero-order valence-electron chi connectivity index (χ0n) is 17.1. The highest BCUT2D eigenvalue weighted by Crippen LogP contribution is 2.15. The number of thiol groups is 1. The van der Waals surface area contributed by atoms with Crippen LogP contribution in [0.1, 0.15) is 135 Å². The van der Waals surface area contributed by atoms with Crippen LogP contribution in [0, 0.1) is 0 Å². The molecule has 2 heteroatoms. The fourth-order valence-corrected chi connectivity index (χ4v) is 3.98. The molecule has 0 unspecified atom stereocenters. The quantitative estimate of drug-likeness (QED) is 0.106. The van der Waals surface area contributed by atoms with E-state index < -0.39 is 0 Å². The summed E-state index contributed by atoms with van der Waals surface area (Å²) in [6.07, 6.45) is 30.0. The van der Waals surface area contributed by atoms with Crippen LogP contribution in [0.25, 0.3) is 0 Å². The molecule has 0 amide bonds. The van der Waals surface area contributed by atoms with Crippen LogP contribution in [0.4, 0.5) is 0 Å². The van der Waals surface area contributed by atoms with Crippen LogP contribution in [-0.2, 0) is 0 Å². The van der Waals surface area contributed by atoms with Crippen molar-refractivity contribution < 1.29 is 0 Å². The Bertz CT molecular complexity index is 198. The van der Waals surface area contributed by atoms with Gasteiger partial charge in [-0.25, -0.2) is 0 Å². The van der Waals surface area contributed by atoms with Crippen molar-refractivity contribution >= 4 is 24.2 Å². The molecule has 0 atom stereocenters. The average Bonchev–Trinajstić information content (AvgIpc) is 2.63. The average molecular weight is 391 g/mol. The van der Waals surface area contributed by atoms with Crippen LogP contribution in [-0.4, -0.2) is 11.6 Å². The van der Waals surface area contributed by atoms with Gasteiger partial charge in [0.15, 0.2) is 0 Å². The van der Waals surface area contributed by atoms with Gasteiger partial charge in [-0.15, -0.1) is 11.6 Å². The van der Waals surface area contributed by atoms with Crippen molar-refractivity contribution in [3.05, 3.63) is 0 Å². The number of unbranched alkanes of at least 4 members (excludes halogenated alkanes) is 20. The molecular weight excluding hydrogens is 344 g/mol. The minimum absolute atomic E-state index is 0.844. The number of hydrogen-bond acceptors (Lipinski definition) is 1. The van der Waals surface area contributed by atoms with Gasteiger partial charge in [-0.05, 0) is 18.6 Å². The molecule has 0 fully saturated rings. The van der Waals surface area contributed by atoms with Gasteiger partial charge in [0.05, 0.1) is 0 Å². The van der Waals surface area contributed by atoms with E-state index in [0.29, 0.717) is 0 Å². The molecule has 0 radical (unpaired) electrons. The maximum absolute atomic E-state index is 5.69. The largest absolute Gasteiger partial charge is 0.179 e. The molecule has 0 heterocycles. The first-order valence-corrected chi connectivity index (χ1v) is 12.8. The zero-order valence-corrected chi connectivity index (χ0v) is 18.7.